The molecule has 38 heavy (non-hydrogen) atoms. The lowest BCUT2D eigenvalue weighted by Gasteiger charge is -2.19. The molecule has 1 saturated heterocycles. The first-order chi connectivity index (χ1) is 17.7. The molecule has 204 valence electrons. The maximum atomic E-state index is 13.7. The van der Waals surface area contributed by atoms with E-state index in [2.05, 4.69) is 15.4 Å². The lowest BCUT2D eigenvalue weighted by molar-refractivity contribution is -0.0364. The van der Waals surface area contributed by atoms with Gasteiger partial charge in [-0.15, -0.1) is 0 Å². The van der Waals surface area contributed by atoms with Gasteiger partial charge in [-0.05, 0) is 24.6 Å². The fourth-order valence-electron chi connectivity index (χ4n) is 4.17. The van der Waals surface area contributed by atoms with Gasteiger partial charge in [-0.1, -0.05) is 23.7 Å². The van der Waals surface area contributed by atoms with E-state index in [0.29, 0.717) is 5.56 Å². The van der Waals surface area contributed by atoms with E-state index < -0.39 is 65.1 Å². The first-order valence-corrected chi connectivity index (χ1v) is 15.0. The van der Waals surface area contributed by atoms with Crippen LogP contribution in [0.2, 0.25) is 5.15 Å². The topological polar surface area (TPSA) is 208 Å². The van der Waals surface area contributed by atoms with Crippen molar-refractivity contribution in [2.75, 3.05) is 16.6 Å². The normalized spacial score (nSPS) is 22.9. The maximum absolute atomic E-state index is 13.7. The zero-order valence-corrected chi connectivity index (χ0v) is 22.0. The van der Waals surface area contributed by atoms with Crippen LogP contribution in [0.15, 0.2) is 30.5 Å². The van der Waals surface area contributed by atoms with Gasteiger partial charge in [0, 0.05) is 6.04 Å². The second-order valence-electron chi connectivity index (χ2n) is 8.76. The Labute approximate surface area is 220 Å². The predicted molar refractivity (Wildman–Crippen MR) is 132 cm³/mol. The summed E-state index contributed by atoms with van der Waals surface area (Å²) in [6, 6.07) is 7.27. The number of aliphatic hydroxyl groups excluding tert-OH is 2. The first-order valence-electron chi connectivity index (χ1n) is 11.0. The third-order valence-electron chi connectivity index (χ3n) is 5.88. The zero-order valence-electron chi connectivity index (χ0n) is 19.5. The molecule has 0 amide bonds. The summed E-state index contributed by atoms with van der Waals surface area (Å²) < 4.78 is 55.8. The number of sulfone groups is 1. The third kappa shape index (κ3) is 5.83. The molecule has 5 atom stereocenters. The number of rotatable bonds is 8. The van der Waals surface area contributed by atoms with E-state index >= 15 is 0 Å². The molecule has 0 unspecified atom stereocenters. The van der Waals surface area contributed by atoms with Crippen molar-refractivity contribution in [3.05, 3.63) is 52.6 Å². The molecule has 5 N–H and O–H groups in total. The number of pyridine rings is 1. The van der Waals surface area contributed by atoms with Crippen LogP contribution in [0.4, 0.5) is 10.1 Å². The number of aromatic nitrogens is 3. The first kappa shape index (κ1) is 28.3. The highest BCUT2D eigenvalue weighted by Crippen LogP contribution is 2.39. The molecule has 0 radical (unpaired) electrons. The molecule has 1 aliphatic rings. The number of fused-ring (bicyclic) bond motifs is 1. The van der Waals surface area contributed by atoms with Crippen molar-refractivity contribution in [3.8, 4) is 6.07 Å². The van der Waals surface area contributed by atoms with Gasteiger partial charge in [0.1, 0.15) is 35.8 Å². The number of nitrogens with zero attached hydrogens (tertiary/aromatic N) is 4. The van der Waals surface area contributed by atoms with E-state index in [1.807, 2.05) is 6.07 Å². The van der Waals surface area contributed by atoms with Crippen molar-refractivity contribution in [1.82, 2.24) is 14.8 Å². The van der Waals surface area contributed by atoms with Crippen LogP contribution < -0.4 is 5.32 Å². The number of halogens is 2. The monoisotopic (exact) mass is 589 g/mol. The maximum Gasteiger partial charge on any atom is 0.340 e. The summed E-state index contributed by atoms with van der Waals surface area (Å²) in [5.41, 5.74) is -0.696. The number of benzene rings is 1. The molecule has 0 bridgehead atoms. The summed E-state index contributed by atoms with van der Waals surface area (Å²) in [7, 11) is -9.29. The summed E-state index contributed by atoms with van der Waals surface area (Å²) in [5.74, 6) is -1.43. The van der Waals surface area contributed by atoms with Crippen molar-refractivity contribution in [2.45, 2.75) is 37.5 Å². The van der Waals surface area contributed by atoms with E-state index in [1.54, 1.807) is 13.0 Å². The molecule has 0 saturated carbocycles. The van der Waals surface area contributed by atoms with Gasteiger partial charge in [-0.25, -0.2) is 22.5 Å². The summed E-state index contributed by atoms with van der Waals surface area (Å²) in [4.78, 5) is 22.2. The quantitative estimate of drug-likeness (QED) is 0.187. The number of aliphatic hydroxyl groups is 2. The van der Waals surface area contributed by atoms with E-state index in [0.717, 1.165) is 4.68 Å². The second kappa shape index (κ2) is 10.5. The highest BCUT2D eigenvalue weighted by Gasteiger charge is 2.47. The van der Waals surface area contributed by atoms with Gasteiger partial charge in [0.2, 0.25) is 0 Å². The highest BCUT2D eigenvalue weighted by molar-refractivity contribution is 7.97. The molecule has 4 rings (SSSR count). The molecule has 17 heteroatoms. The summed E-state index contributed by atoms with van der Waals surface area (Å²) >= 11 is 6.26. The Morgan fingerprint density at radius 2 is 2.05 bits per heavy atom. The lowest BCUT2D eigenvalue weighted by atomic mass is 10.1. The van der Waals surface area contributed by atoms with Gasteiger partial charge in [0.15, 0.2) is 32.4 Å². The number of hydrogen-bond donors (Lipinski definition) is 5. The SMILES string of the molecule is C[C@H](Nc1c(C#N)c(Cl)nc2c1cnn2[C@@H]1O[C@H](CS(=O)(=O)CP(=O)(O)O)[C@@H](O)[C@H]1O)c1cccc(F)c1. The minimum atomic E-state index is -4.91. The number of anilines is 1. The van der Waals surface area contributed by atoms with E-state index in [1.165, 1.54) is 24.4 Å². The largest absolute Gasteiger partial charge is 0.387 e. The number of hydrogen-bond acceptors (Lipinski definition) is 10. The Bertz CT molecular complexity index is 1580. The van der Waals surface area contributed by atoms with Crippen LogP contribution >= 0.6 is 19.2 Å². The molecule has 3 aromatic rings. The molecular weight excluding hydrogens is 568 g/mol. The second-order valence-corrected chi connectivity index (χ2v) is 13.3. The Balaban J connectivity index is 1.69. The highest BCUT2D eigenvalue weighted by atomic mass is 35.5. The van der Waals surface area contributed by atoms with Crippen LogP contribution in [0, 0.1) is 17.1 Å². The van der Waals surface area contributed by atoms with Crippen molar-refractivity contribution in [3.63, 3.8) is 0 Å². The molecular formula is C21H22ClFN5O8PS. The Kier molecular flexibility index (Phi) is 7.81. The number of nitrogens with one attached hydrogen (secondary N) is 1. The molecule has 2 aromatic heterocycles. The van der Waals surface area contributed by atoms with Crippen LogP contribution in [0.1, 0.15) is 30.3 Å². The minimum Gasteiger partial charge on any atom is -0.387 e. The average Bonchev–Trinajstić information content (AvgIpc) is 3.33. The molecule has 0 aliphatic carbocycles. The molecule has 1 fully saturated rings. The van der Waals surface area contributed by atoms with E-state index in [9.17, 15) is 32.8 Å². The fraction of sp³-hybridized carbons (Fsp3) is 0.381. The average molecular weight is 590 g/mol. The number of ether oxygens (including phenoxy) is 1. The summed E-state index contributed by atoms with van der Waals surface area (Å²) in [6.07, 6.45) is -5.15. The summed E-state index contributed by atoms with van der Waals surface area (Å²) in [5, 5.41) is 38.0. The van der Waals surface area contributed by atoms with E-state index in [-0.39, 0.29) is 27.4 Å². The fourth-order valence-corrected chi connectivity index (χ4v) is 7.64. The standard InChI is InChI=1S/C21H22ClFN5O8PS/c1-10(11-3-2-4-12(23)5-11)26-16-13(6-24)19(22)27-20-14(16)7-25-28(20)21-18(30)17(29)15(36-21)8-38(34,35)9-37(31,32)33/h2-5,7,10,15,17-18,21,29-30H,8-9H2,1H3,(H,26,27)(H2,31,32,33)/t10-,15+,17+,18+,21+/m0/s1. The van der Waals surface area contributed by atoms with Gasteiger partial charge in [0.05, 0.1) is 23.0 Å². The van der Waals surface area contributed by atoms with Crippen LogP contribution in [0.3, 0.4) is 0 Å². The molecule has 3 heterocycles. The Hall–Kier alpha value is -2.67. The van der Waals surface area contributed by atoms with Crippen LogP contribution in [-0.2, 0) is 19.1 Å². The molecule has 1 aromatic carbocycles. The van der Waals surface area contributed by atoms with Gasteiger partial charge in [-0.2, -0.15) is 10.4 Å². The van der Waals surface area contributed by atoms with Crippen molar-refractivity contribution >= 4 is 45.8 Å². The Morgan fingerprint density at radius 1 is 1.34 bits per heavy atom. The van der Waals surface area contributed by atoms with Crippen molar-refractivity contribution < 1.29 is 42.1 Å². The van der Waals surface area contributed by atoms with Crippen LogP contribution in [-0.4, -0.2) is 72.7 Å². The minimum absolute atomic E-state index is 0.0120. The van der Waals surface area contributed by atoms with Crippen molar-refractivity contribution in [1.29, 1.82) is 5.26 Å². The van der Waals surface area contributed by atoms with Gasteiger partial charge in [0.25, 0.3) is 0 Å². The van der Waals surface area contributed by atoms with Gasteiger partial charge >= 0.3 is 7.60 Å². The summed E-state index contributed by atoms with van der Waals surface area (Å²) in [6.45, 7) is 1.73. The van der Waals surface area contributed by atoms with Crippen molar-refractivity contribution in [2.24, 2.45) is 0 Å². The lowest BCUT2D eigenvalue weighted by Crippen LogP contribution is -2.36. The van der Waals surface area contributed by atoms with Crippen LogP contribution in [0.5, 0.6) is 0 Å². The molecule has 13 nitrogen and oxygen atoms in total. The van der Waals surface area contributed by atoms with Gasteiger partial charge in [-0.3, -0.25) is 4.57 Å². The molecule has 1 aliphatic heterocycles. The Morgan fingerprint density at radius 3 is 2.68 bits per heavy atom. The van der Waals surface area contributed by atoms with Gasteiger partial charge < -0.3 is 30.1 Å². The third-order valence-corrected chi connectivity index (χ3v) is 9.91. The predicted octanol–water partition coefficient (Wildman–Crippen LogP) is 1.44. The number of nitriles is 1. The smallest absolute Gasteiger partial charge is 0.340 e. The molecule has 0 spiro atoms. The zero-order chi connectivity index (χ0) is 28.0. The van der Waals surface area contributed by atoms with Crippen LogP contribution in [0.25, 0.3) is 11.0 Å². The van der Waals surface area contributed by atoms with E-state index in [4.69, 9.17) is 26.1 Å².